The zero-order chi connectivity index (χ0) is 12.3. The fraction of sp³-hybridized carbons (Fsp3) is 0.167. The summed E-state index contributed by atoms with van der Waals surface area (Å²) in [7, 11) is 0. The second-order valence-corrected chi connectivity index (χ2v) is 4.50. The maximum Gasteiger partial charge on any atom is 0.251 e. The van der Waals surface area contributed by atoms with Crippen molar-refractivity contribution in [1.29, 1.82) is 0 Å². The summed E-state index contributed by atoms with van der Waals surface area (Å²) >= 11 is 1.61. The van der Waals surface area contributed by atoms with Crippen molar-refractivity contribution in [2.45, 2.75) is 13.0 Å². The van der Waals surface area contributed by atoms with Gasteiger partial charge in [0.25, 0.3) is 5.91 Å². The Bertz CT molecular complexity index is 510. The molecule has 0 radical (unpaired) electrons. The number of nitrogens with two attached hydrogens (primary N) is 1. The predicted molar refractivity (Wildman–Crippen MR) is 68.8 cm³/mol. The smallest absolute Gasteiger partial charge is 0.251 e. The molecule has 0 saturated heterocycles. The molecule has 0 spiro atoms. The van der Waals surface area contributed by atoms with E-state index in [-0.39, 0.29) is 11.9 Å². The number of nitrogen functional groups attached to an aromatic ring is 1. The Morgan fingerprint density at radius 1 is 1.53 bits per heavy atom. The van der Waals surface area contributed by atoms with Crippen molar-refractivity contribution in [3.63, 3.8) is 0 Å². The van der Waals surface area contributed by atoms with Crippen LogP contribution in [-0.2, 0) is 0 Å². The molecule has 2 rings (SSSR count). The highest BCUT2D eigenvalue weighted by atomic mass is 32.1. The van der Waals surface area contributed by atoms with Crippen molar-refractivity contribution < 1.29 is 4.79 Å². The maximum absolute atomic E-state index is 11.9. The largest absolute Gasteiger partial charge is 0.384 e. The second-order valence-electron chi connectivity index (χ2n) is 3.72. The Labute approximate surface area is 103 Å². The Hall–Kier alpha value is -1.88. The zero-order valence-electron chi connectivity index (χ0n) is 9.38. The van der Waals surface area contributed by atoms with Crippen LogP contribution in [0, 0.1) is 0 Å². The molecule has 3 N–H and O–H groups in total. The molecular formula is C12H13N3OS. The molecule has 0 aromatic carbocycles. The van der Waals surface area contributed by atoms with E-state index in [1.165, 1.54) is 6.20 Å². The Morgan fingerprint density at radius 3 is 3.00 bits per heavy atom. The highest BCUT2D eigenvalue weighted by Gasteiger charge is 2.11. The molecular weight excluding hydrogens is 234 g/mol. The number of thiophene rings is 1. The number of nitrogens with zero attached hydrogens (tertiary/aromatic N) is 1. The van der Waals surface area contributed by atoms with Gasteiger partial charge in [-0.15, -0.1) is 0 Å². The molecule has 17 heavy (non-hydrogen) atoms. The molecule has 4 nitrogen and oxygen atoms in total. The first-order chi connectivity index (χ1) is 8.16. The molecule has 0 bridgehead atoms. The van der Waals surface area contributed by atoms with Gasteiger partial charge >= 0.3 is 0 Å². The normalized spacial score (nSPS) is 12.1. The first-order valence-corrected chi connectivity index (χ1v) is 6.15. The van der Waals surface area contributed by atoms with Crippen LogP contribution in [0.5, 0.6) is 0 Å². The van der Waals surface area contributed by atoms with Crippen molar-refractivity contribution in [3.8, 4) is 0 Å². The minimum absolute atomic E-state index is 0.0110. The molecule has 2 heterocycles. The zero-order valence-corrected chi connectivity index (χ0v) is 10.2. The summed E-state index contributed by atoms with van der Waals surface area (Å²) in [5.41, 5.74) is 7.16. The molecule has 1 amide bonds. The summed E-state index contributed by atoms with van der Waals surface area (Å²) in [4.78, 5) is 15.8. The van der Waals surface area contributed by atoms with E-state index in [4.69, 9.17) is 5.73 Å². The van der Waals surface area contributed by atoms with Crippen molar-refractivity contribution >= 4 is 23.1 Å². The van der Waals surface area contributed by atoms with Crippen LogP contribution >= 0.6 is 11.3 Å². The van der Waals surface area contributed by atoms with E-state index < -0.39 is 0 Å². The van der Waals surface area contributed by atoms with E-state index in [2.05, 4.69) is 10.3 Å². The van der Waals surface area contributed by atoms with Gasteiger partial charge in [0.2, 0.25) is 0 Å². The highest BCUT2D eigenvalue weighted by molar-refractivity contribution is 7.07. The van der Waals surface area contributed by atoms with Gasteiger partial charge in [0.15, 0.2) is 0 Å². The number of hydrogen-bond acceptors (Lipinski definition) is 4. The van der Waals surface area contributed by atoms with E-state index in [1.54, 1.807) is 23.5 Å². The number of pyridine rings is 1. The third-order valence-corrected chi connectivity index (χ3v) is 3.14. The number of hydrogen-bond donors (Lipinski definition) is 2. The molecule has 1 unspecified atom stereocenters. The van der Waals surface area contributed by atoms with E-state index >= 15 is 0 Å². The van der Waals surface area contributed by atoms with Gasteiger partial charge < -0.3 is 11.1 Å². The summed E-state index contributed by atoms with van der Waals surface area (Å²) < 4.78 is 0. The first kappa shape index (κ1) is 11.6. The Balaban J connectivity index is 2.07. The van der Waals surface area contributed by atoms with Gasteiger partial charge in [0.05, 0.1) is 6.04 Å². The Morgan fingerprint density at radius 2 is 2.35 bits per heavy atom. The SMILES string of the molecule is CC(NC(=O)c1ccnc(N)c1)c1ccsc1. The van der Waals surface area contributed by atoms with Crippen LogP contribution in [-0.4, -0.2) is 10.9 Å². The van der Waals surface area contributed by atoms with Crippen molar-refractivity contribution in [2.75, 3.05) is 5.73 Å². The lowest BCUT2D eigenvalue weighted by Crippen LogP contribution is -2.26. The Kier molecular flexibility index (Phi) is 3.39. The fourth-order valence-corrected chi connectivity index (χ4v) is 2.23. The minimum Gasteiger partial charge on any atom is -0.384 e. The lowest BCUT2D eigenvalue weighted by Gasteiger charge is -2.12. The standard InChI is InChI=1S/C12H13N3OS/c1-8(10-3-5-17-7-10)15-12(16)9-2-4-14-11(13)6-9/h2-8H,1H3,(H2,13,14)(H,15,16). The van der Waals surface area contributed by atoms with Gasteiger partial charge in [-0.05, 0) is 41.4 Å². The second kappa shape index (κ2) is 4.97. The number of carbonyl (C=O) groups excluding carboxylic acids is 1. The molecule has 88 valence electrons. The average Bonchev–Trinajstić information content (AvgIpc) is 2.82. The molecule has 0 fully saturated rings. The van der Waals surface area contributed by atoms with Gasteiger partial charge in [-0.2, -0.15) is 11.3 Å². The van der Waals surface area contributed by atoms with Gasteiger partial charge in [0, 0.05) is 11.8 Å². The number of rotatable bonds is 3. The van der Waals surface area contributed by atoms with Crippen LogP contribution in [0.15, 0.2) is 35.2 Å². The number of anilines is 1. The number of aromatic nitrogens is 1. The van der Waals surface area contributed by atoms with Crippen LogP contribution in [0.2, 0.25) is 0 Å². The molecule has 0 saturated carbocycles. The molecule has 0 aliphatic rings. The summed E-state index contributed by atoms with van der Waals surface area (Å²) in [6, 6.07) is 5.20. The van der Waals surface area contributed by atoms with Gasteiger partial charge in [-0.25, -0.2) is 4.98 Å². The topological polar surface area (TPSA) is 68.0 Å². The predicted octanol–water partition coefficient (Wildman–Crippen LogP) is 2.22. The van der Waals surface area contributed by atoms with Crippen molar-refractivity contribution in [1.82, 2.24) is 10.3 Å². The molecule has 0 aliphatic heterocycles. The summed E-state index contributed by atoms with van der Waals surface area (Å²) in [6.07, 6.45) is 1.53. The lowest BCUT2D eigenvalue weighted by molar-refractivity contribution is 0.0940. The minimum atomic E-state index is -0.141. The number of carbonyl (C=O) groups is 1. The molecule has 1 atom stereocenters. The molecule has 2 aromatic rings. The summed E-state index contributed by atoms with van der Waals surface area (Å²) in [6.45, 7) is 1.95. The number of amides is 1. The van der Waals surface area contributed by atoms with Crippen LogP contribution < -0.4 is 11.1 Å². The van der Waals surface area contributed by atoms with E-state index in [0.29, 0.717) is 11.4 Å². The van der Waals surface area contributed by atoms with E-state index in [9.17, 15) is 4.79 Å². The summed E-state index contributed by atoms with van der Waals surface area (Å²) in [5.74, 6) is 0.207. The van der Waals surface area contributed by atoms with Gasteiger partial charge in [-0.1, -0.05) is 0 Å². The molecule has 2 aromatic heterocycles. The highest BCUT2D eigenvalue weighted by Crippen LogP contribution is 2.16. The van der Waals surface area contributed by atoms with Gasteiger partial charge in [0.1, 0.15) is 5.82 Å². The lowest BCUT2D eigenvalue weighted by atomic mass is 10.1. The monoisotopic (exact) mass is 247 g/mol. The van der Waals surface area contributed by atoms with Crippen LogP contribution in [0.1, 0.15) is 28.9 Å². The first-order valence-electron chi connectivity index (χ1n) is 5.21. The third kappa shape index (κ3) is 2.82. The van der Waals surface area contributed by atoms with Crippen LogP contribution in [0.25, 0.3) is 0 Å². The van der Waals surface area contributed by atoms with Crippen molar-refractivity contribution in [2.24, 2.45) is 0 Å². The van der Waals surface area contributed by atoms with Gasteiger partial charge in [-0.3, -0.25) is 4.79 Å². The summed E-state index contributed by atoms with van der Waals surface area (Å²) in [5, 5.41) is 6.92. The van der Waals surface area contributed by atoms with E-state index in [1.807, 2.05) is 23.8 Å². The maximum atomic E-state index is 11.9. The average molecular weight is 247 g/mol. The molecule has 5 heteroatoms. The quantitative estimate of drug-likeness (QED) is 0.873. The molecule has 0 aliphatic carbocycles. The fourth-order valence-electron chi connectivity index (χ4n) is 1.47. The van der Waals surface area contributed by atoms with E-state index in [0.717, 1.165) is 5.56 Å². The third-order valence-electron chi connectivity index (χ3n) is 2.43. The van der Waals surface area contributed by atoms with Crippen LogP contribution in [0.3, 0.4) is 0 Å². The van der Waals surface area contributed by atoms with Crippen molar-refractivity contribution in [3.05, 3.63) is 46.3 Å². The van der Waals surface area contributed by atoms with Crippen LogP contribution in [0.4, 0.5) is 5.82 Å². The number of nitrogens with one attached hydrogen (secondary N) is 1.